The lowest BCUT2D eigenvalue weighted by Crippen LogP contribution is -2.49. The summed E-state index contributed by atoms with van der Waals surface area (Å²) in [6.07, 6.45) is 6.22. The molecule has 0 bridgehead atoms. The van der Waals surface area contributed by atoms with Crippen molar-refractivity contribution >= 4 is 46.3 Å². The van der Waals surface area contributed by atoms with E-state index in [0.29, 0.717) is 12.1 Å². The summed E-state index contributed by atoms with van der Waals surface area (Å²) in [4.78, 5) is 10.1. The van der Waals surface area contributed by atoms with Crippen LogP contribution in [0.25, 0.3) is 0 Å². The van der Waals surface area contributed by atoms with Crippen LogP contribution in [0.4, 0.5) is 5.00 Å². The summed E-state index contributed by atoms with van der Waals surface area (Å²) in [6.45, 7) is 11.0. The molecule has 0 radical (unpaired) electrons. The van der Waals surface area contributed by atoms with Crippen molar-refractivity contribution in [2.24, 2.45) is 4.99 Å². The average molecular weight is 506 g/mol. The number of rotatable bonds is 7. The van der Waals surface area contributed by atoms with Crippen molar-refractivity contribution in [1.29, 1.82) is 0 Å². The minimum absolute atomic E-state index is 0. The van der Waals surface area contributed by atoms with Crippen LogP contribution in [0.3, 0.4) is 0 Å². The zero-order valence-electron chi connectivity index (χ0n) is 16.8. The van der Waals surface area contributed by atoms with Crippen LogP contribution in [-0.4, -0.2) is 62.2 Å². The Labute approximate surface area is 186 Å². The van der Waals surface area contributed by atoms with E-state index in [4.69, 9.17) is 4.99 Å². The lowest BCUT2D eigenvalue weighted by Gasteiger charge is -2.33. The summed E-state index contributed by atoms with van der Waals surface area (Å²) < 4.78 is 0. The number of anilines is 1. The van der Waals surface area contributed by atoms with Crippen LogP contribution in [0, 0.1) is 0 Å². The van der Waals surface area contributed by atoms with Crippen molar-refractivity contribution in [3.63, 3.8) is 0 Å². The fraction of sp³-hybridized carbons (Fsp3) is 0.750. The molecule has 5 nitrogen and oxygen atoms in total. The molecule has 1 unspecified atom stereocenters. The van der Waals surface area contributed by atoms with Gasteiger partial charge in [0.05, 0.1) is 11.5 Å². The Morgan fingerprint density at radius 1 is 1.22 bits per heavy atom. The standard InChI is InChI=1S/C20H35N5S.HI/c1-3-18(24-11-5-6-12-24)16-22-20(21-4-2)23-17-9-13-25(14-10-17)19-8-7-15-26-19;/h7-8,15,17-18H,3-6,9-14,16H2,1-2H3,(H2,21,22,23);1H. The maximum atomic E-state index is 4.93. The van der Waals surface area contributed by atoms with Gasteiger partial charge in [0.25, 0.3) is 0 Å². The number of piperidine rings is 1. The number of hydrogen-bond donors (Lipinski definition) is 2. The first-order valence-corrected chi connectivity index (χ1v) is 11.3. The van der Waals surface area contributed by atoms with Crippen molar-refractivity contribution in [2.45, 2.75) is 58.0 Å². The molecule has 2 aliphatic heterocycles. The number of halogens is 1. The molecule has 2 aliphatic rings. The Kier molecular flexibility index (Phi) is 10.2. The highest BCUT2D eigenvalue weighted by molar-refractivity contribution is 14.0. The molecule has 2 saturated heterocycles. The summed E-state index contributed by atoms with van der Waals surface area (Å²) in [5, 5.41) is 10.7. The number of likely N-dealkylation sites (tertiary alicyclic amines) is 1. The lowest BCUT2D eigenvalue weighted by molar-refractivity contribution is 0.242. The first-order chi connectivity index (χ1) is 12.8. The summed E-state index contributed by atoms with van der Waals surface area (Å²) in [5.41, 5.74) is 0. The molecule has 2 N–H and O–H groups in total. The third-order valence-corrected chi connectivity index (χ3v) is 6.52. The zero-order chi connectivity index (χ0) is 18.2. The van der Waals surface area contributed by atoms with Gasteiger partial charge in [-0.2, -0.15) is 0 Å². The molecular formula is C20H36IN5S. The summed E-state index contributed by atoms with van der Waals surface area (Å²) >= 11 is 1.84. The smallest absolute Gasteiger partial charge is 0.191 e. The molecule has 0 aliphatic carbocycles. The predicted octanol–water partition coefficient (Wildman–Crippen LogP) is 3.76. The van der Waals surface area contributed by atoms with E-state index in [0.717, 1.165) is 32.1 Å². The largest absolute Gasteiger partial charge is 0.363 e. The molecule has 3 rings (SSSR count). The molecule has 27 heavy (non-hydrogen) atoms. The molecule has 3 heterocycles. The van der Waals surface area contributed by atoms with E-state index in [1.54, 1.807) is 0 Å². The second kappa shape index (κ2) is 12.1. The summed E-state index contributed by atoms with van der Waals surface area (Å²) in [7, 11) is 0. The molecule has 0 spiro atoms. The molecule has 7 heteroatoms. The minimum atomic E-state index is 0. The highest BCUT2D eigenvalue weighted by atomic mass is 127. The van der Waals surface area contributed by atoms with Gasteiger partial charge in [-0.05, 0) is 69.6 Å². The molecule has 2 fully saturated rings. The molecule has 1 aromatic rings. The maximum Gasteiger partial charge on any atom is 0.191 e. The van der Waals surface area contributed by atoms with E-state index >= 15 is 0 Å². The quantitative estimate of drug-likeness (QED) is 0.337. The third-order valence-electron chi connectivity index (χ3n) is 5.59. The van der Waals surface area contributed by atoms with Crippen LogP contribution < -0.4 is 15.5 Å². The highest BCUT2D eigenvalue weighted by Gasteiger charge is 2.22. The van der Waals surface area contributed by atoms with E-state index in [-0.39, 0.29) is 24.0 Å². The molecule has 1 atom stereocenters. The number of guanidine groups is 1. The Morgan fingerprint density at radius 3 is 2.56 bits per heavy atom. The van der Waals surface area contributed by atoms with Gasteiger partial charge in [0, 0.05) is 31.7 Å². The van der Waals surface area contributed by atoms with E-state index in [9.17, 15) is 0 Å². The van der Waals surface area contributed by atoms with Gasteiger partial charge >= 0.3 is 0 Å². The fourth-order valence-electron chi connectivity index (χ4n) is 4.01. The van der Waals surface area contributed by atoms with Crippen molar-refractivity contribution in [3.05, 3.63) is 17.5 Å². The van der Waals surface area contributed by atoms with Crippen LogP contribution in [0.5, 0.6) is 0 Å². The second-order valence-electron chi connectivity index (χ2n) is 7.38. The zero-order valence-corrected chi connectivity index (χ0v) is 20.0. The first kappa shape index (κ1) is 22.7. The summed E-state index contributed by atoms with van der Waals surface area (Å²) in [6, 6.07) is 5.49. The first-order valence-electron chi connectivity index (χ1n) is 10.4. The van der Waals surface area contributed by atoms with Crippen LogP contribution in [0.15, 0.2) is 22.5 Å². The van der Waals surface area contributed by atoms with E-state index in [1.807, 2.05) is 11.3 Å². The molecule has 0 aromatic carbocycles. The Hall–Kier alpha value is -0.540. The molecule has 0 amide bonds. The Balaban J connectivity index is 0.00000261. The Morgan fingerprint density at radius 2 is 1.96 bits per heavy atom. The van der Waals surface area contributed by atoms with Gasteiger partial charge in [0.2, 0.25) is 0 Å². The van der Waals surface area contributed by atoms with Gasteiger partial charge in [-0.15, -0.1) is 35.3 Å². The fourth-order valence-corrected chi connectivity index (χ4v) is 4.80. The number of aliphatic imine (C=N–C) groups is 1. The van der Waals surface area contributed by atoms with Gasteiger partial charge in [0.1, 0.15) is 0 Å². The van der Waals surface area contributed by atoms with Gasteiger partial charge in [-0.1, -0.05) is 6.92 Å². The van der Waals surface area contributed by atoms with Crippen LogP contribution >= 0.6 is 35.3 Å². The Bertz CT molecular complexity index is 537. The van der Waals surface area contributed by atoms with Crippen LogP contribution in [0.2, 0.25) is 0 Å². The van der Waals surface area contributed by atoms with Crippen molar-refractivity contribution in [2.75, 3.05) is 44.2 Å². The number of hydrogen-bond acceptors (Lipinski definition) is 4. The van der Waals surface area contributed by atoms with Crippen molar-refractivity contribution in [1.82, 2.24) is 15.5 Å². The SMILES string of the molecule is CCNC(=NCC(CC)N1CCCC1)NC1CCN(c2cccs2)CC1.I. The van der Waals surface area contributed by atoms with E-state index in [1.165, 1.54) is 50.2 Å². The molecule has 1 aromatic heterocycles. The molecule has 154 valence electrons. The van der Waals surface area contributed by atoms with Crippen molar-refractivity contribution in [3.8, 4) is 0 Å². The monoisotopic (exact) mass is 505 g/mol. The number of thiophene rings is 1. The number of nitrogens with zero attached hydrogens (tertiary/aromatic N) is 3. The van der Waals surface area contributed by atoms with Crippen LogP contribution in [-0.2, 0) is 0 Å². The summed E-state index contributed by atoms with van der Waals surface area (Å²) in [5.74, 6) is 1.000. The normalized spacial score (nSPS) is 20.4. The van der Waals surface area contributed by atoms with Crippen LogP contribution in [0.1, 0.15) is 46.0 Å². The van der Waals surface area contributed by atoms with E-state index in [2.05, 4.69) is 51.8 Å². The highest BCUT2D eigenvalue weighted by Crippen LogP contribution is 2.24. The predicted molar refractivity (Wildman–Crippen MR) is 129 cm³/mol. The lowest BCUT2D eigenvalue weighted by atomic mass is 10.1. The van der Waals surface area contributed by atoms with Gasteiger partial charge < -0.3 is 15.5 Å². The molecular weight excluding hydrogens is 469 g/mol. The molecule has 0 saturated carbocycles. The van der Waals surface area contributed by atoms with Gasteiger partial charge in [-0.25, -0.2) is 0 Å². The maximum absolute atomic E-state index is 4.93. The number of nitrogens with one attached hydrogen (secondary N) is 2. The van der Waals surface area contributed by atoms with Crippen molar-refractivity contribution < 1.29 is 0 Å². The van der Waals surface area contributed by atoms with Gasteiger partial charge in [-0.3, -0.25) is 9.89 Å². The second-order valence-corrected chi connectivity index (χ2v) is 8.31. The minimum Gasteiger partial charge on any atom is -0.363 e. The third kappa shape index (κ3) is 6.78. The van der Waals surface area contributed by atoms with E-state index < -0.39 is 0 Å². The average Bonchev–Trinajstić information content (AvgIpc) is 3.37. The topological polar surface area (TPSA) is 42.9 Å². The van der Waals surface area contributed by atoms with Gasteiger partial charge in [0.15, 0.2) is 5.96 Å².